The largest absolute Gasteiger partial charge is 0.492 e. The molecule has 0 spiro atoms. The van der Waals surface area contributed by atoms with Crippen LogP contribution in [0.25, 0.3) is 0 Å². The van der Waals surface area contributed by atoms with Crippen LogP contribution in [0.2, 0.25) is 0 Å². The van der Waals surface area contributed by atoms with Gasteiger partial charge < -0.3 is 10.5 Å². The lowest BCUT2D eigenvalue weighted by Gasteiger charge is -2.13. The van der Waals surface area contributed by atoms with Crippen molar-refractivity contribution in [1.29, 1.82) is 0 Å². The van der Waals surface area contributed by atoms with Crippen LogP contribution < -0.4 is 10.5 Å². The molecule has 0 aliphatic heterocycles. The summed E-state index contributed by atoms with van der Waals surface area (Å²) in [4.78, 5) is 4.17. The van der Waals surface area contributed by atoms with Gasteiger partial charge in [-0.25, -0.2) is 0 Å². The smallest absolute Gasteiger partial charge is 0.137 e. The third kappa shape index (κ3) is 2.93. The van der Waals surface area contributed by atoms with Crippen LogP contribution in [0.3, 0.4) is 0 Å². The Morgan fingerprint density at radius 1 is 1.32 bits per heavy atom. The summed E-state index contributed by atoms with van der Waals surface area (Å²) in [5, 5.41) is 4.42. The number of rotatable bonds is 5. The summed E-state index contributed by atoms with van der Waals surface area (Å²) in [5.41, 5.74) is 9.24. The molecule has 19 heavy (non-hydrogen) atoms. The Morgan fingerprint density at radius 3 is 2.74 bits per heavy atom. The van der Waals surface area contributed by atoms with E-state index in [0.29, 0.717) is 6.61 Å². The monoisotopic (exact) mass is 260 g/mol. The molecule has 0 aliphatic rings. The van der Waals surface area contributed by atoms with E-state index in [9.17, 15) is 0 Å². The van der Waals surface area contributed by atoms with Crippen LogP contribution in [0.1, 0.15) is 36.8 Å². The van der Waals surface area contributed by atoms with Crippen LogP contribution in [-0.4, -0.2) is 21.4 Å². The first kappa shape index (κ1) is 13.5. The number of ether oxygens (including phenoxy) is 1. The first-order valence-corrected chi connectivity index (χ1v) is 6.51. The maximum absolute atomic E-state index is 6.29. The molecule has 0 bridgehead atoms. The van der Waals surface area contributed by atoms with E-state index in [1.807, 2.05) is 30.8 Å². The van der Waals surface area contributed by atoms with Gasteiger partial charge in [-0.3, -0.25) is 9.67 Å². The molecule has 0 aliphatic carbocycles. The number of aromatic nitrogens is 3. The molecule has 0 amide bonds. The summed E-state index contributed by atoms with van der Waals surface area (Å²) in [6.07, 6.45) is 4.37. The van der Waals surface area contributed by atoms with E-state index in [4.69, 9.17) is 10.5 Å². The zero-order valence-electron chi connectivity index (χ0n) is 11.6. The molecule has 2 rings (SSSR count). The minimum atomic E-state index is -0.245. The van der Waals surface area contributed by atoms with Gasteiger partial charge in [-0.1, -0.05) is 6.92 Å². The molecule has 5 nitrogen and oxygen atoms in total. The van der Waals surface area contributed by atoms with Gasteiger partial charge in [0.15, 0.2) is 0 Å². The van der Waals surface area contributed by atoms with Crippen molar-refractivity contribution < 1.29 is 4.74 Å². The third-order valence-corrected chi connectivity index (χ3v) is 3.05. The van der Waals surface area contributed by atoms with Gasteiger partial charge in [-0.2, -0.15) is 5.10 Å². The molecule has 2 aromatic heterocycles. The van der Waals surface area contributed by atoms with Gasteiger partial charge in [0.05, 0.1) is 30.2 Å². The van der Waals surface area contributed by atoms with Crippen molar-refractivity contribution in [3.63, 3.8) is 0 Å². The van der Waals surface area contributed by atoms with E-state index in [-0.39, 0.29) is 6.04 Å². The molecular formula is C14H20N4O. The maximum Gasteiger partial charge on any atom is 0.137 e. The van der Waals surface area contributed by atoms with E-state index in [1.54, 1.807) is 12.4 Å². The minimum Gasteiger partial charge on any atom is -0.492 e. The molecule has 1 atom stereocenters. The lowest BCUT2D eigenvalue weighted by Crippen LogP contribution is -2.16. The Balaban J connectivity index is 2.29. The number of nitrogens with two attached hydrogens (primary N) is 1. The Kier molecular flexibility index (Phi) is 4.16. The highest BCUT2D eigenvalue weighted by Gasteiger charge is 2.15. The standard InChI is InChI=1S/C14H20N4O/c1-4-11-7-13(18(3)17-11)14(15)10-6-12(19-5-2)9-16-8-10/h6-9,14H,4-5,15H2,1-3H3. The highest BCUT2D eigenvalue weighted by Crippen LogP contribution is 2.22. The zero-order valence-corrected chi connectivity index (χ0v) is 11.6. The summed E-state index contributed by atoms with van der Waals surface area (Å²) in [6, 6.07) is 3.73. The van der Waals surface area contributed by atoms with Gasteiger partial charge >= 0.3 is 0 Å². The number of pyridine rings is 1. The van der Waals surface area contributed by atoms with Gasteiger partial charge in [0.25, 0.3) is 0 Å². The van der Waals surface area contributed by atoms with Crippen molar-refractivity contribution in [2.24, 2.45) is 12.8 Å². The molecule has 0 radical (unpaired) electrons. The van der Waals surface area contributed by atoms with Gasteiger partial charge in [-0.05, 0) is 31.0 Å². The predicted octanol–water partition coefficient (Wildman–Crippen LogP) is 1.82. The second kappa shape index (κ2) is 5.84. The minimum absolute atomic E-state index is 0.245. The summed E-state index contributed by atoms with van der Waals surface area (Å²) in [5.74, 6) is 0.744. The first-order valence-electron chi connectivity index (χ1n) is 6.51. The SMILES string of the molecule is CCOc1cncc(C(N)c2cc(CC)nn2C)c1. The average molecular weight is 260 g/mol. The van der Waals surface area contributed by atoms with E-state index in [0.717, 1.165) is 29.1 Å². The quantitative estimate of drug-likeness (QED) is 0.890. The second-order valence-electron chi connectivity index (χ2n) is 4.40. The van der Waals surface area contributed by atoms with E-state index in [2.05, 4.69) is 17.0 Å². The Hall–Kier alpha value is -1.88. The van der Waals surface area contributed by atoms with Crippen LogP contribution in [0.4, 0.5) is 0 Å². The fraction of sp³-hybridized carbons (Fsp3) is 0.429. The fourth-order valence-electron chi connectivity index (χ4n) is 2.03. The predicted molar refractivity (Wildman–Crippen MR) is 74.0 cm³/mol. The fourth-order valence-corrected chi connectivity index (χ4v) is 2.03. The molecule has 102 valence electrons. The number of nitrogens with zero attached hydrogens (tertiary/aromatic N) is 3. The lowest BCUT2D eigenvalue weighted by molar-refractivity contribution is 0.338. The van der Waals surface area contributed by atoms with Gasteiger partial charge in [-0.15, -0.1) is 0 Å². The van der Waals surface area contributed by atoms with Gasteiger partial charge in [0.2, 0.25) is 0 Å². The van der Waals surface area contributed by atoms with Crippen molar-refractivity contribution in [2.45, 2.75) is 26.3 Å². The van der Waals surface area contributed by atoms with Gasteiger partial charge in [0.1, 0.15) is 5.75 Å². The van der Waals surface area contributed by atoms with Crippen molar-refractivity contribution in [2.75, 3.05) is 6.61 Å². The maximum atomic E-state index is 6.29. The first-order chi connectivity index (χ1) is 9.15. The Morgan fingerprint density at radius 2 is 2.11 bits per heavy atom. The van der Waals surface area contributed by atoms with Crippen LogP contribution in [-0.2, 0) is 13.5 Å². The topological polar surface area (TPSA) is 66.0 Å². The van der Waals surface area contributed by atoms with Crippen molar-refractivity contribution >= 4 is 0 Å². The lowest BCUT2D eigenvalue weighted by atomic mass is 10.1. The highest BCUT2D eigenvalue weighted by atomic mass is 16.5. The normalized spacial score (nSPS) is 12.4. The Labute approximate surface area is 113 Å². The number of aryl methyl sites for hydroxylation is 2. The molecule has 5 heteroatoms. The molecule has 0 saturated carbocycles. The zero-order chi connectivity index (χ0) is 13.8. The van der Waals surface area contributed by atoms with E-state index >= 15 is 0 Å². The molecule has 0 aromatic carbocycles. The second-order valence-corrected chi connectivity index (χ2v) is 4.40. The van der Waals surface area contributed by atoms with Crippen LogP contribution in [0, 0.1) is 0 Å². The Bertz CT molecular complexity index is 550. The summed E-state index contributed by atoms with van der Waals surface area (Å²) >= 11 is 0. The molecule has 1 unspecified atom stereocenters. The van der Waals surface area contributed by atoms with Crippen molar-refractivity contribution in [3.05, 3.63) is 41.5 Å². The molecule has 2 N–H and O–H groups in total. The van der Waals surface area contributed by atoms with Crippen molar-refractivity contribution in [3.8, 4) is 5.75 Å². The van der Waals surface area contributed by atoms with E-state index < -0.39 is 0 Å². The number of hydrogen-bond acceptors (Lipinski definition) is 4. The van der Waals surface area contributed by atoms with E-state index in [1.165, 1.54) is 0 Å². The molecule has 0 fully saturated rings. The third-order valence-electron chi connectivity index (χ3n) is 3.05. The molecule has 2 heterocycles. The highest BCUT2D eigenvalue weighted by molar-refractivity contribution is 5.31. The molecule has 0 saturated heterocycles. The van der Waals surface area contributed by atoms with Gasteiger partial charge in [0, 0.05) is 13.2 Å². The molecular weight excluding hydrogens is 240 g/mol. The molecule has 2 aromatic rings. The van der Waals surface area contributed by atoms with Crippen LogP contribution in [0.15, 0.2) is 24.5 Å². The average Bonchev–Trinajstić information content (AvgIpc) is 2.80. The summed E-state index contributed by atoms with van der Waals surface area (Å²) in [7, 11) is 1.91. The summed E-state index contributed by atoms with van der Waals surface area (Å²) in [6.45, 7) is 4.64. The van der Waals surface area contributed by atoms with Crippen molar-refractivity contribution in [1.82, 2.24) is 14.8 Å². The number of hydrogen-bond donors (Lipinski definition) is 1. The van der Waals surface area contributed by atoms with Crippen LogP contribution >= 0.6 is 0 Å². The van der Waals surface area contributed by atoms with Crippen LogP contribution in [0.5, 0.6) is 5.75 Å². The summed E-state index contributed by atoms with van der Waals surface area (Å²) < 4.78 is 7.28.